The van der Waals surface area contributed by atoms with Crippen molar-refractivity contribution in [1.82, 2.24) is 0 Å². The molecule has 0 amide bonds. The van der Waals surface area contributed by atoms with E-state index in [1.165, 1.54) is 19.2 Å². The molecule has 40 heavy (non-hydrogen) atoms. The van der Waals surface area contributed by atoms with E-state index in [4.69, 9.17) is 9.47 Å². The van der Waals surface area contributed by atoms with Gasteiger partial charge < -0.3 is 25.0 Å². The number of fused-ring (bicyclic) bond motifs is 5. The number of thiophene rings is 1. The molecule has 12 heteroatoms. The Morgan fingerprint density at radius 2 is 1.65 bits per heavy atom. The molecule has 0 bridgehead atoms. The number of methoxy groups -OCH3 is 1. The molecular formula is C28H23F6NO4S. The number of hydrogen-bond donors (Lipinski definition) is 3. The number of alkyl halides is 6. The number of halogens is 6. The number of hydrogen-bond acceptors (Lipinski definition) is 6. The summed E-state index contributed by atoms with van der Waals surface area (Å²) >= 11 is 0.595. The van der Waals surface area contributed by atoms with Gasteiger partial charge in [0.2, 0.25) is 0 Å². The topological polar surface area (TPSA) is 71.0 Å². The van der Waals surface area contributed by atoms with Crippen molar-refractivity contribution < 1.29 is 46.0 Å². The molecule has 2 aliphatic heterocycles. The third-order valence-electron chi connectivity index (χ3n) is 6.84. The van der Waals surface area contributed by atoms with E-state index < -0.39 is 33.9 Å². The number of aliphatic hydroxyl groups is 1. The van der Waals surface area contributed by atoms with Crippen LogP contribution in [0.3, 0.4) is 0 Å². The first-order chi connectivity index (χ1) is 18.5. The Kier molecular flexibility index (Phi) is 6.23. The number of phenolic OH excluding ortho intramolecular Hbond substituents is 1. The predicted molar refractivity (Wildman–Crippen MR) is 140 cm³/mol. The van der Waals surface area contributed by atoms with Crippen LogP contribution in [0, 0.1) is 0 Å². The molecule has 0 spiro atoms. The third kappa shape index (κ3) is 4.12. The zero-order valence-electron chi connectivity index (χ0n) is 21.5. The number of phenols is 1. The highest BCUT2D eigenvalue weighted by Gasteiger charge is 2.72. The SMILES string of the molecule is COc1c(O)ccc2c1-c1ccc3c(c1/C(=C/c1sccc1C(O)(C(F)(F)F)C(F)(F)F)O2)C(C)=CC(C)(C)N3. The molecule has 0 radical (unpaired) electrons. The Bertz CT molecular complexity index is 1570. The molecule has 0 aliphatic carbocycles. The fraction of sp³-hybridized carbons (Fsp3) is 0.286. The maximum absolute atomic E-state index is 13.8. The summed E-state index contributed by atoms with van der Waals surface area (Å²) in [5, 5.41) is 25.0. The molecule has 0 unspecified atom stereocenters. The van der Waals surface area contributed by atoms with Crippen molar-refractivity contribution in [3.63, 3.8) is 0 Å². The molecule has 3 heterocycles. The number of benzene rings is 2. The first-order valence-electron chi connectivity index (χ1n) is 11.9. The predicted octanol–water partition coefficient (Wildman–Crippen LogP) is 7.94. The fourth-order valence-corrected chi connectivity index (χ4v) is 6.13. The second kappa shape index (κ2) is 8.93. The smallest absolute Gasteiger partial charge is 0.430 e. The molecule has 0 fully saturated rings. The second-order valence-electron chi connectivity index (χ2n) is 10.1. The lowest BCUT2D eigenvalue weighted by Crippen LogP contribution is -2.54. The maximum Gasteiger partial charge on any atom is 0.430 e. The van der Waals surface area contributed by atoms with E-state index in [-0.39, 0.29) is 23.0 Å². The molecule has 5 rings (SSSR count). The lowest BCUT2D eigenvalue weighted by molar-refractivity contribution is -0.376. The van der Waals surface area contributed by atoms with Crippen LogP contribution in [0.25, 0.3) is 28.5 Å². The Balaban J connectivity index is 1.82. The lowest BCUT2D eigenvalue weighted by Gasteiger charge is -2.35. The molecule has 1 aromatic heterocycles. The van der Waals surface area contributed by atoms with Crippen LogP contribution in [0.2, 0.25) is 0 Å². The highest BCUT2D eigenvalue weighted by atomic mass is 32.1. The van der Waals surface area contributed by atoms with Gasteiger partial charge in [-0.05, 0) is 62.1 Å². The Morgan fingerprint density at radius 3 is 2.27 bits per heavy atom. The van der Waals surface area contributed by atoms with Gasteiger partial charge in [0.1, 0.15) is 11.5 Å². The Morgan fingerprint density at radius 1 is 0.975 bits per heavy atom. The van der Waals surface area contributed by atoms with Crippen molar-refractivity contribution in [2.45, 2.75) is 44.3 Å². The van der Waals surface area contributed by atoms with Crippen LogP contribution in [-0.2, 0) is 5.60 Å². The molecule has 3 aromatic rings. The van der Waals surface area contributed by atoms with Crippen molar-refractivity contribution in [2.24, 2.45) is 0 Å². The minimum absolute atomic E-state index is 0.0447. The minimum atomic E-state index is -6.05. The van der Waals surface area contributed by atoms with E-state index in [0.717, 1.165) is 17.0 Å². The summed E-state index contributed by atoms with van der Waals surface area (Å²) in [6.07, 6.45) is -9.09. The van der Waals surface area contributed by atoms with Crippen molar-refractivity contribution >= 4 is 34.4 Å². The Hall–Kier alpha value is -3.64. The van der Waals surface area contributed by atoms with Crippen LogP contribution in [0.4, 0.5) is 32.0 Å². The molecular weight excluding hydrogens is 560 g/mol. The normalized spacial score (nSPS) is 17.3. The summed E-state index contributed by atoms with van der Waals surface area (Å²) in [5.74, 6) is 0.0214. The van der Waals surface area contributed by atoms with Crippen LogP contribution in [0.5, 0.6) is 17.2 Å². The van der Waals surface area contributed by atoms with Crippen molar-refractivity contribution in [1.29, 1.82) is 0 Å². The molecule has 0 saturated carbocycles. The number of anilines is 1. The first-order valence-corrected chi connectivity index (χ1v) is 12.8. The standard InChI is InChI=1S/C28H23F6NO4S/c1-13-12-25(2,3)35-16-6-5-14-22(21(13)16)19(39-18-8-7-17(36)24(38-4)23(14)18)11-20-15(9-10-40-20)26(37,27(29,30)31)28(32,33)34/h5-12,35-37H,1-4H3/b19-11-. The number of ether oxygens (including phenoxy) is 2. The van der Waals surface area contributed by atoms with Crippen molar-refractivity contribution in [2.75, 3.05) is 12.4 Å². The van der Waals surface area contributed by atoms with E-state index in [1.54, 1.807) is 12.1 Å². The molecule has 5 nitrogen and oxygen atoms in total. The van der Waals surface area contributed by atoms with Crippen LogP contribution >= 0.6 is 11.3 Å². The Labute approximate surface area is 229 Å². The van der Waals surface area contributed by atoms with Gasteiger partial charge in [0.25, 0.3) is 5.60 Å². The fourth-order valence-electron chi connectivity index (χ4n) is 5.27. The van der Waals surface area contributed by atoms with Crippen molar-refractivity contribution in [3.05, 3.63) is 63.4 Å². The number of allylic oxidation sites excluding steroid dienone is 1. The first kappa shape index (κ1) is 27.9. The van der Waals surface area contributed by atoms with Crippen LogP contribution in [-0.4, -0.2) is 35.2 Å². The average molecular weight is 584 g/mol. The number of rotatable bonds is 3. The average Bonchev–Trinajstić information content (AvgIpc) is 3.29. The van der Waals surface area contributed by atoms with Gasteiger partial charge in [0, 0.05) is 32.8 Å². The molecule has 2 aliphatic rings. The molecule has 2 aromatic carbocycles. The zero-order valence-corrected chi connectivity index (χ0v) is 22.3. The van der Waals surface area contributed by atoms with Gasteiger partial charge in [-0.25, -0.2) is 0 Å². The molecule has 3 N–H and O–H groups in total. The van der Waals surface area contributed by atoms with Gasteiger partial charge in [0.05, 0.1) is 18.2 Å². The summed E-state index contributed by atoms with van der Waals surface area (Å²) in [5.41, 5.74) is -3.65. The monoisotopic (exact) mass is 583 g/mol. The van der Waals surface area contributed by atoms with Gasteiger partial charge in [0.15, 0.2) is 11.5 Å². The lowest BCUT2D eigenvalue weighted by atomic mass is 9.82. The number of aromatic hydroxyl groups is 1. The second-order valence-corrected chi connectivity index (χ2v) is 11.0. The molecule has 212 valence electrons. The van der Waals surface area contributed by atoms with Crippen LogP contribution < -0.4 is 14.8 Å². The van der Waals surface area contributed by atoms with E-state index in [0.29, 0.717) is 45.3 Å². The highest BCUT2D eigenvalue weighted by molar-refractivity contribution is 7.11. The van der Waals surface area contributed by atoms with Gasteiger partial charge >= 0.3 is 12.4 Å². The van der Waals surface area contributed by atoms with Gasteiger partial charge in [-0.15, -0.1) is 11.3 Å². The van der Waals surface area contributed by atoms with Gasteiger partial charge in [-0.3, -0.25) is 0 Å². The van der Waals surface area contributed by atoms with Crippen LogP contribution in [0.15, 0.2) is 41.8 Å². The largest absolute Gasteiger partial charge is 0.504 e. The van der Waals surface area contributed by atoms with E-state index >= 15 is 0 Å². The maximum atomic E-state index is 13.8. The van der Waals surface area contributed by atoms with Gasteiger partial charge in [-0.1, -0.05) is 12.1 Å². The van der Waals surface area contributed by atoms with E-state index in [2.05, 4.69) is 5.32 Å². The quantitative estimate of drug-likeness (QED) is 0.273. The summed E-state index contributed by atoms with van der Waals surface area (Å²) in [4.78, 5) is -0.490. The van der Waals surface area contributed by atoms with E-state index in [9.17, 15) is 36.6 Å². The zero-order chi connectivity index (χ0) is 29.4. The van der Waals surface area contributed by atoms with E-state index in [1.807, 2.05) is 26.8 Å². The molecule has 0 atom stereocenters. The van der Waals surface area contributed by atoms with Crippen LogP contribution in [0.1, 0.15) is 42.3 Å². The summed E-state index contributed by atoms with van der Waals surface area (Å²) in [6.45, 7) is 5.71. The van der Waals surface area contributed by atoms with Gasteiger partial charge in [-0.2, -0.15) is 26.3 Å². The minimum Gasteiger partial charge on any atom is -0.504 e. The summed E-state index contributed by atoms with van der Waals surface area (Å²) in [6, 6.07) is 6.84. The third-order valence-corrected chi connectivity index (χ3v) is 7.70. The number of nitrogens with one attached hydrogen (secondary N) is 1. The highest BCUT2D eigenvalue weighted by Crippen LogP contribution is 2.56. The van der Waals surface area contributed by atoms with Crippen molar-refractivity contribution in [3.8, 4) is 28.4 Å². The summed E-state index contributed by atoms with van der Waals surface area (Å²) < 4.78 is 94.1. The molecule has 0 saturated heterocycles. The summed E-state index contributed by atoms with van der Waals surface area (Å²) in [7, 11) is 1.35.